The van der Waals surface area contributed by atoms with Crippen LogP contribution in [0.5, 0.6) is 0 Å². The van der Waals surface area contributed by atoms with E-state index in [1.54, 1.807) is 18.5 Å². The highest BCUT2D eigenvalue weighted by atomic mass is 32.1. The SMILES string of the molecule is Cc1nn2c(=O)cc(C=Cc3cccnc3)nc2s1. The first-order valence-corrected chi connectivity index (χ1v) is 6.50. The van der Waals surface area contributed by atoms with E-state index in [9.17, 15) is 4.79 Å². The van der Waals surface area contributed by atoms with E-state index in [0.717, 1.165) is 10.6 Å². The minimum absolute atomic E-state index is 0.166. The molecule has 0 radical (unpaired) electrons. The Hall–Kier alpha value is -2.34. The Bertz CT molecular complexity index is 804. The van der Waals surface area contributed by atoms with Crippen LogP contribution in [-0.2, 0) is 0 Å². The Morgan fingerprint density at radius 1 is 1.37 bits per heavy atom. The van der Waals surface area contributed by atoms with Crippen molar-refractivity contribution in [2.24, 2.45) is 0 Å². The van der Waals surface area contributed by atoms with Gasteiger partial charge in [-0.1, -0.05) is 23.5 Å². The van der Waals surface area contributed by atoms with Crippen LogP contribution in [0.15, 0.2) is 35.4 Å². The summed E-state index contributed by atoms with van der Waals surface area (Å²) in [4.78, 5) is 20.9. The zero-order chi connectivity index (χ0) is 13.2. The highest BCUT2D eigenvalue weighted by molar-refractivity contribution is 7.16. The molecule has 0 aliphatic carbocycles. The molecule has 0 saturated carbocycles. The fourth-order valence-electron chi connectivity index (χ4n) is 1.66. The minimum atomic E-state index is -0.166. The van der Waals surface area contributed by atoms with Gasteiger partial charge in [-0.2, -0.15) is 9.61 Å². The molecule has 3 rings (SSSR count). The number of aryl methyl sites for hydroxylation is 1. The maximum atomic E-state index is 11.8. The Labute approximate surface area is 112 Å². The Kier molecular flexibility index (Phi) is 2.92. The molecule has 0 aromatic carbocycles. The summed E-state index contributed by atoms with van der Waals surface area (Å²) >= 11 is 1.40. The molecule has 0 amide bonds. The molecule has 0 N–H and O–H groups in total. The van der Waals surface area contributed by atoms with Crippen molar-refractivity contribution in [3.05, 3.63) is 57.2 Å². The molecule has 3 heterocycles. The van der Waals surface area contributed by atoms with E-state index >= 15 is 0 Å². The summed E-state index contributed by atoms with van der Waals surface area (Å²) in [6, 6.07) is 5.27. The Balaban J connectivity index is 2.02. The third kappa shape index (κ3) is 2.43. The van der Waals surface area contributed by atoms with E-state index < -0.39 is 0 Å². The average Bonchev–Trinajstić information content (AvgIpc) is 2.79. The van der Waals surface area contributed by atoms with Crippen LogP contribution in [0.25, 0.3) is 17.1 Å². The van der Waals surface area contributed by atoms with Gasteiger partial charge in [-0.05, 0) is 24.6 Å². The summed E-state index contributed by atoms with van der Waals surface area (Å²) in [5, 5.41) is 4.92. The van der Waals surface area contributed by atoms with E-state index in [1.165, 1.54) is 21.9 Å². The maximum absolute atomic E-state index is 11.8. The van der Waals surface area contributed by atoms with Gasteiger partial charge in [0.2, 0.25) is 4.96 Å². The van der Waals surface area contributed by atoms with Crippen LogP contribution >= 0.6 is 11.3 Å². The molecule has 94 valence electrons. The van der Waals surface area contributed by atoms with Crippen molar-refractivity contribution in [3.63, 3.8) is 0 Å². The Morgan fingerprint density at radius 2 is 2.26 bits per heavy atom. The van der Waals surface area contributed by atoms with Gasteiger partial charge in [-0.15, -0.1) is 0 Å². The van der Waals surface area contributed by atoms with Gasteiger partial charge < -0.3 is 0 Å². The molecule has 0 aliphatic heterocycles. The average molecular weight is 270 g/mol. The first kappa shape index (κ1) is 11.7. The van der Waals surface area contributed by atoms with Crippen LogP contribution in [0, 0.1) is 6.92 Å². The van der Waals surface area contributed by atoms with E-state index in [4.69, 9.17) is 0 Å². The van der Waals surface area contributed by atoms with E-state index in [2.05, 4.69) is 15.1 Å². The summed E-state index contributed by atoms with van der Waals surface area (Å²) in [5.41, 5.74) is 1.42. The molecule has 3 aromatic rings. The monoisotopic (exact) mass is 270 g/mol. The molecule has 6 heteroatoms. The summed E-state index contributed by atoms with van der Waals surface area (Å²) in [6.45, 7) is 1.85. The quantitative estimate of drug-likeness (QED) is 0.715. The minimum Gasteiger partial charge on any atom is -0.267 e. The lowest BCUT2D eigenvalue weighted by Gasteiger charge is -1.94. The molecule has 19 heavy (non-hydrogen) atoms. The summed E-state index contributed by atoms with van der Waals surface area (Å²) in [5.74, 6) is 0. The smallest absolute Gasteiger partial charge is 0.267 e. The van der Waals surface area contributed by atoms with Crippen LogP contribution in [-0.4, -0.2) is 19.6 Å². The fourth-order valence-corrected chi connectivity index (χ4v) is 2.42. The number of nitrogens with zero attached hydrogens (tertiary/aromatic N) is 4. The molecule has 0 atom stereocenters. The fraction of sp³-hybridized carbons (Fsp3) is 0.0769. The topological polar surface area (TPSA) is 60.2 Å². The van der Waals surface area contributed by atoms with Crippen LogP contribution in [0.1, 0.15) is 16.3 Å². The maximum Gasteiger partial charge on any atom is 0.275 e. The van der Waals surface area contributed by atoms with E-state index in [-0.39, 0.29) is 5.56 Å². The van der Waals surface area contributed by atoms with E-state index in [1.807, 2.05) is 25.1 Å². The van der Waals surface area contributed by atoms with Gasteiger partial charge in [0.05, 0.1) is 5.69 Å². The number of hydrogen-bond acceptors (Lipinski definition) is 5. The molecule has 0 unspecified atom stereocenters. The molecule has 5 nitrogen and oxygen atoms in total. The lowest BCUT2D eigenvalue weighted by atomic mass is 10.2. The van der Waals surface area contributed by atoms with Crippen molar-refractivity contribution < 1.29 is 0 Å². The number of fused-ring (bicyclic) bond motifs is 1. The Morgan fingerprint density at radius 3 is 3.05 bits per heavy atom. The van der Waals surface area contributed by atoms with Gasteiger partial charge in [0.1, 0.15) is 5.01 Å². The number of aromatic nitrogens is 4. The van der Waals surface area contributed by atoms with Crippen molar-refractivity contribution in [1.29, 1.82) is 0 Å². The molecule has 0 aliphatic rings. The lowest BCUT2D eigenvalue weighted by molar-refractivity contribution is 0.879. The molecule has 0 saturated heterocycles. The molecule has 0 spiro atoms. The second-order valence-electron chi connectivity index (χ2n) is 3.95. The summed E-state index contributed by atoms with van der Waals surface area (Å²) in [7, 11) is 0. The van der Waals surface area contributed by atoms with Crippen molar-refractivity contribution in [2.75, 3.05) is 0 Å². The van der Waals surface area contributed by atoms with Crippen molar-refractivity contribution in [2.45, 2.75) is 6.92 Å². The third-order valence-corrected chi connectivity index (χ3v) is 3.32. The van der Waals surface area contributed by atoms with Gasteiger partial charge in [-0.25, -0.2) is 4.98 Å². The van der Waals surface area contributed by atoms with Crippen LogP contribution in [0.2, 0.25) is 0 Å². The normalized spacial score (nSPS) is 11.4. The van der Waals surface area contributed by atoms with Crippen LogP contribution in [0.3, 0.4) is 0 Å². The van der Waals surface area contributed by atoms with Gasteiger partial charge >= 0.3 is 0 Å². The number of hydrogen-bond donors (Lipinski definition) is 0. The highest BCUT2D eigenvalue weighted by Crippen LogP contribution is 2.11. The number of pyridine rings is 1. The number of rotatable bonds is 2. The summed E-state index contributed by atoms with van der Waals surface area (Å²) < 4.78 is 1.32. The molecule has 0 fully saturated rings. The zero-order valence-corrected chi connectivity index (χ0v) is 11.0. The molecular weight excluding hydrogens is 260 g/mol. The van der Waals surface area contributed by atoms with Crippen molar-refractivity contribution in [1.82, 2.24) is 19.6 Å². The van der Waals surface area contributed by atoms with Crippen LogP contribution < -0.4 is 5.56 Å². The second kappa shape index (κ2) is 4.74. The van der Waals surface area contributed by atoms with Gasteiger partial charge in [-0.3, -0.25) is 9.78 Å². The molecular formula is C13H10N4OS. The van der Waals surface area contributed by atoms with Crippen molar-refractivity contribution in [3.8, 4) is 0 Å². The third-order valence-electron chi connectivity index (χ3n) is 2.50. The second-order valence-corrected chi connectivity index (χ2v) is 5.11. The first-order valence-electron chi connectivity index (χ1n) is 5.68. The van der Waals surface area contributed by atoms with E-state index in [0.29, 0.717) is 10.7 Å². The summed E-state index contributed by atoms with van der Waals surface area (Å²) in [6.07, 6.45) is 7.14. The largest absolute Gasteiger partial charge is 0.275 e. The molecule has 3 aromatic heterocycles. The van der Waals surface area contributed by atoms with Gasteiger partial charge in [0.25, 0.3) is 5.56 Å². The highest BCUT2D eigenvalue weighted by Gasteiger charge is 2.04. The van der Waals surface area contributed by atoms with Gasteiger partial charge in [0, 0.05) is 18.5 Å². The predicted molar refractivity (Wildman–Crippen MR) is 75.0 cm³/mol. The zero-order valence-electron chi connectivity index (χ0n) is 10.1. The predicted octanol–water partition coefficient (Wildman–Crippen LogP) is 2.02. The molecule has 0 bridgehead atoms. The lowest BCUT2D eigenvalue weighted by Crippen LogP contribution is -2.14. The first-order chi connectivity index (χ1) is 9.22. The standard InChI is InChI=1S/C13H10N4OS/c1-9-16-17-12(18)7-11(15-13(17)19-9)5-4-10-3-2-6-14-8-10/h2-8H,1H3. The van der Waals surface area contributed by atoms with Crippen LogP contribution in [0.4, 0.5) is 0 Å². The van der Waals surface area contributed by atoms with Gasteiger partial charge in [0.15, 0.2) is 0 Å². The van der Waals surface area contributed by atoms with Crippen molar-refractivity contribution >= 4 is 28.4 Å².